The first-order valence-electron chi connectivity index (χ1n) is 9.87. The Kier molecular flexibility index (Phi) is 11.2. The number of carbonyl (C=O) groups is 1. The van der Waals surface area contributed by atoms with E-state index < -0.39 is 0 Å². The smallest absolute Gasteiger partial charge is 0.239 e. The predicted molar refractivity (Wildman–Crippen MR) is 134 cm³/mol. The summed E-state index contributed by atoms with van der Waals surface area (Å²) < 4.78 is 5.81. The lowest BCUT2D eigenvalue weighted by molar-refractivity contribution is -0.121. The quantitative estimate of drug-likeness (QED) is 0.281. The third kappa shape index (κ3) is 10.5. The van der Waals surface area contributed by atoms with E-state index in [4.69, 9.17) is 4.74 Å². The minimum Gasteiger partial charge on any atom is -0.489 e. The average Bonchev–Trinajstić information content (AvgIpc) is 2.69. The van der Waals surface area contributed by atoms with E-state index in [0.717, 1.165) is 17.7 Å². The van der Waals surface area contributed by atoms with Crippen molar-refractivity contribution < 1.29 is 9.53 Å². The number of ether oxygens (including phenoxy) is 1. The van der Waals surface area contributed by atoms with Gasteiger partial charge in [0.1, 0.15) is 12.4 Å². The molecule has 1 amide bonds. The second kappa shape index (κ2) is 13.1. The average molecular weight is 524 g/mol. The van der Waals surface area contributed by atoms with E-state index in [1.165, 1.54) is 5.56 Å². The van der Waals surface area contributed by atoms with E-state index in [-0.39, 0.29) is 42.0 Å². The molecule has 0 aliphatic rings. The fourth-order valence-electron chi connectivity index (χ4n) is 2.67. The number of amides is 1. The fraction of sp³-hybridized carbons (Fsp3) is 0.391. The molecule has 0 radical (unpaired) electrons. The molecule has 0 aromatic heterocycles. The van der Waals surface area contributed by atoms with E-state index in [9.17, 15) is 4.79 Å². The highest BCUT2D eigenvalue weighted by atomic mass is 127. The van der Waals surface area contributed by atoms with Crippen LogP contribution in [0.25, 0.3) is 0 Å². The molecular weight excluding hydrogens is 491 g/mol. The second-order valence-electron chi connectivity index (χ2n) is 7.82. The lowest BCUT2D eigenvalue weighted by Crippen LogP contribution is -2.48. The summed E-state index contributed by atoms with van der Waals surface area (Å²) in [5, 5.41) is 9.16. The van der Waals surface area contributed by atoms with Crippen LogP contribution in [0.2, 0.25) is 0 Å². The van der Waals surface area contributed by atoms with Crippen LogP contribution in [0.5, 0.6) is 5.75 Å². The number of nitrogens with zero attached hydrogens (tertiary/aromatic N) is 1. The zero-order chi connectivity index (χ0) is 21.1. The molecule has 164 valence electrons. The van der Waals surface area contributed by atoms with Crippen molar-refractivity contribution >= 4 is 35.8 Å². The van der Waals surface area contributed by atoms with Crippen molar-refractivity contribution in [1.82, 2.24) is 16.0 Å². The lowest BCUT2D eigenvalue weighted by atomic mass is 10.1. The molecule has 0 saturated carbocycles. The minimum absolute atomic E-state index is 0. The highest BCUT2D eigenvalue weighted by molar-refractivity contribution is 14.0. The van der Waals surface area contributed by atoms with Gasteiger partial charge in [-0.15, -0.1) is 24.0 Å². The summed E-state index contributed by atoms with van der Waals surface area (Å²) in [6.07, 6.45) is 0.841. The Morgan fingerprint density at radius 3 is 2.23 bits per heavy atom. The van der Waals surface area contributed by atoms with Crippen LogP contribution in [0.3, 0.4) is 0 Å². The molecule has 0 aliphatic carbocycles. The topological polar surface area (TPSA) is 74.8 Å². The molecular formula is C23H33IN4O2. The normalized spacial score (nSPS) is 11.3. The van der Waals surface area contributed by atoms with Gasteiger partial charge in [0.05, 0.1) is 6.54 Å². The Labute approximate surface area is 196 Å². The maximum absolute atomic E-state index is 11.9. The number of hydrogen-bond donors (Lipinski definition) is 3. The van der Waals surface area contributed by atoms with E-state index in [0.29, 0.717) is 19.1 Å². The number of guanidine groups is 1. The SMILES string of the molecule is CN=C(NCCc1ccc(OCc2ccccc2)cc1)NCC(=O)NC(C)(C)C.I. The van der Waals surface area contributed by atoms with Crippen LogP contribution in [-0.2, 0) is 17.8 Å². The predicted octanol–water partition coefficient (Wildman–Crippen LogP) is 3.51. The molecule has 2 rings (SSSR count). The van der Waals surface area contributed by atoms with Crippen molar-refractivity contribution in [3.8, 4) is 5.75 Å². The molecule has 2 aromatic carbocycles. The third-order valence-electron chi connectivity index (χ3n) is 4.03. The van der Waals surface area contributed by atoms with Crippen LogP contribution in [0, 0.1) is 0 Å². The maximum atomic E-state index is 11.9. The Bertz CT molecular complexity index is 787. The van der Waals surface area contributed by atoms with Gasteiger partial charge in [0.25, 0.3) is 0 Å². The summed E-state index contributed by atoms with van der Waals surface area (Å²) in [7, 11) is 1.69. The number of hydrogen-bond acceptors (Lipinski definition) is 3. The van der Waals surface area contributed by atoms with Crippen molar-refractivity contribution in [2.24, 2.45) is 4.99 Å². The van der Waals surface area contributed by atoms with Crippen LogP contribution < -0.4 is 20.7 Å². The Balaban J connectivity index is 0.00000450. The Morgan fingerprint density at radius 1 is 0.967 bits per heavy atom. The van der Waals surface area contributed by atoms with E-state index in [2.05, 4.69) is 33.1 Å². The van der Waals surface area contributed by atoms with Crippen molar-refractivity contribution in [2.45, 2.75) is 39.3 Å². The summed E-state index contributed by atoms with van der Waals surface area (Å²) in [6, 6.07) is 18.2. The molecule has 6 nitrogen and oxygen atoms in total. The first-order chi connectivity index (χ1) is 13.9. The number of carbonyl (C=O) groups excluding carboxylic acids is 1. The molecule has 0 atom stereocenters. The van der Waals surface area contributed by atoms with Gasteiger partial charge >= 0.3 is 0 Å². The van der Waals surface area contributed by atoms with Crippen LogP contribution in [0.1, 0.15) is 31.9 Å². The molecule has 0 spiro atoms. The third-order valence-corrected chi connectivity index (χ3v) is 4.03. The molecule has 0 unspecified atom stereocenters. The van der Waals surface area contributed by atoms with Crippen molar-refractivity contribution in [3.05, 3.63) is 65.7 Å². The number of nitrogens with one attached hydrogen (secondary N) is 3. The van der Waals surface area contributed by atoms with Crippen molar-refractivity contribution in [1.29, 1.82) is 0 Å². The molecule has 0 heterocycles. The lowest BCUT2D eigenvalue weighted by Gasteiger charge is -2.21. The van der Waals surface area contributed by atoms with Gasteiger partial charge in [-0.05, 0) is 50.5 Å². The zero-order valence-electron chi connectivity index (χ0n) is 18.2. The number of rotatable bonds is 8. The standard InChI is InChI=1S/C23H32N4O2.HI/c1-23(2,3)27-21(28)16-26-22(24-4)25-15-14-18-10-12-20(13-11-18)29-17-19-8-6-5-7-9-19;/h5-13H,14-17H2,1-4H3,(H,27,28)(H2,24,25,26);1H. The van der Waals surface area contributed by atoms with Crippen LogP contribution in [0.4, 0.5) is 0 Å². The first kappa shape index (κ1) is 25.7. The second-order valence-corrected chi connectivity index (χ2v) is 7.82. The highest BCUT2D eigenvalue weighted by Crippen LogP contribution is 2.14. The number of benzene rings is 2. The van der Waals surface area contributed by atoms with Gasteiger partial charge in [-0.3, -0.25) is 9.79 Å². The highest BCUT2D eigenvalue weighted by Gasteiger charge is 2.13. The number of aliphatic imine (C=N–C) groups is 1. The Hall–Kier alpha value is -2.29. The molecule has 2 aromatic rings. The molecule has 0 fully saturated rings. The molecule has 0 aliphatic heterocycles. The summed E-state index contributed by atoms with van der Waals surface area (Å²) in [5.41, 5.74) is 2.11. The summed E-state index contributed by atoms with van der Waals surface area (Å²) in [4.78, 5) is 16.0. The monoisotopic (exact) mass is 524 g/mol. The van der Waals surface area contributed by atoms with Crippen LogP contribution in [-0.4, -0.2) is 37.5 Å². The van der Waals surface area contributed by atoms with E-state index >= 15 is 0 Å². The zero-order valence-corrected chi connectivity index (χ0v) is 20.5. The van der Waals surface area contributed by atoms with Gasteiger partial charge in [0, 0.05) is 19.1 Å². The summed E-state index contributed by atoms with van der Waals surface area (Å²) >= 11 is 0. The van der Waals surface area contributed by atoms with Gasteiger partial charge in [0.15, 0.2) is 5.96 Å². The molecule has 0 bridgehead atoms. The van der Waals surface area contributed by atoms with Gasteiger partial charge in [-0.25, -0.2) is 0 Å². The summed E-state index contributed by atoms with van der Waals surface area (Å²) in [6.45, 7) is 7.32. The van der Waals surface area contributed by atoms with Gasteiger partial charge in [0.2, 0.25) is 5.91 Å². The van der Waals surface area contributed by atoms with Crippen molar-refractivity contribution in [2.75, 3.05) is 20.1 Å². The van der Waals surface area contributed by atoms with Gasteiger partial charge in [-0.1, -0.05) is 42.5 Å². The molecule has 3 N–H and O–H groups in total. The van der Waals surface area contributed by atoms with Gasteiger partial charge in [-0.2, -0.15) is 0 Å². The summed E-state index contributed by atoms with van der Waals surface area (Å²) in [5.74, 6) is 1.40. The van der Waals surface area contributed by atoms with Crippen LogP contribution in [0.15, 0.2) is 59.6 Å². The minimum atomic E-state index is -0.243. The van der Waals surface area contributed by atoms with Crippen molar-refractivity contribution in [3.63, 3.8) is 0 Å². The largest absolute Gasteiger partial charge is 0.489 e. The molecule has 0 saturated heterocycles. The van der Waals surface area contributed by atoms with E-state index in [1.807, 2.05) is 63.2 Å². The maximum Gasteiger partial charge on any atom is 0.239 e. The van der Waals surface area contributed by atoms with Crippen LogP contribution >= 0.6 is 24.0 Å². The first-order valence-corrected chi connectivity index (χ1v) is 9.87. The van der Waals surface area contributed by atoms with E-state index in [1.54, 1.807) is 7.05 Å². The Morgan fingerprint density at radius 2 is 1.63 bits per heavy atom. The molecule has 7 heteroatoms. The number of halogens is 1. The fourth-order valence-corrected chi connectivity index (χ4v) is 2.67. The van der Waals surface area contributed by atoms with Gasteiger partial charge < -0.3 is 20.7 Å². The molecule has 30 heavy (non-hydrogen) atoms.